The van der Waals surface area contributed by atoms with E-state index in [0.717, 1.165) is 40.5 Å². The summed E-state index contributed by atoms with van der Waals surface area (Å²) in [5.41, 5.74) is 8.25. The number of nitrogen functional groups attached to an aromatic ring is 1. The highest BCUT2D eigenvalue weighted by atomic mass is 32.2. The summed E-state index contributed by atoms with van der Waals surface area (Å²) in [5, 5.41) is 15.5. The number of nitrogens with one attached hydrogen (secondary N) is 2. The molecule has 0 unspecified atom stereocenters. The van der Waals surface area contributed by atoms with Crippen LogP contribution in [0.4, 0.5) is 14.5 Å². The van der Waals surface area contributed by atoms with E-state index >= 15 is 0 Å². The summed E-state index contributed by atoms with van der Waals surface area (Å²) in [6.07, 6.45) is 4.77. The second-order valence-electron chi connectivity index (χ2n) is 8.66. The zero-order valence-electron chi connectivity index (χ0n) is 19.2. The van der Waals surface area contributed by atoms with Gasteiger partial charge in [0.2, 0.25) is 0 Å². The van der Waals surface area contributed by atoms with E-state index in [0.29, 0.717) is 21.7 Å². The van der Waals surface area contributed by atoms with Crippen molar-refractivity contribution in [3.05, 3.63) is 70.7 Å². The Bertz CT molecular complexity index is 1490. The Labute approximate surface area is 204 Å². The zero-order valence-corrected chi connectivity index (χ0v) is 20.0. The van der Waals surface area contributed by atoms with Crippen molar-refractivity contribution in [2.45, 2.75) is 42.1 Å². The number of carbonyl (C=O) groups excluding carboxylic acids is 1. The molecule has 1 amide bonds. The van der Waals surface area contributed by atoms with E-state index in [2.05, 4.69) is 10.4 Å². The predicted molar refractivity (Wildman–Crippen MR) is 132 cm³/mol. The Morgan fingerprint density at radius 3 is 2.77 bits per heavy atom. The Morgan fingerprint density at radius 1 is 1.29 bits per heavy atom. The van der Waals surface area contributed by atoms with Gasteiger partial charge in [-0.25, -0.2) is 8.78 Å². The van der Waals surface area contributed by atoms with Crippen LogP contribution in [0.15, 0.2) is 46.3 Å². The predicted octanol–water partition coefficient (Wildman–Crippen LogP) is 4.96. The maximum absolute atomic E-state index is 14.8. The van der Waals surface area contributed by atoms with Crippen molar-refractivity contribution >= 4 is 40.5 Å². The van der Waals surface area contributed by atoms with Crippen molar-refractivity contribution < 1.29 is 13.6 Å². The number of hydrogen-bond acceptors (Lipinski definition) is 5. The molecule has 2 heterocycles. The number of nitrogens with two attached hydrogens (primary N) is 1. The largest absolute Gasteiger partial charge is 0.396 e. The van der Waals surface area contributed by atoms with Gasteiger partial charge < -0.3 is 21.0 Å². The number of carbonyl (C=O) groups is 1. The van der Waals surface area contributed by atoms with Crippen LogP contribution in [0.3, 0.4) is 0 Å². The molecule has 35 heavy (non-hydrogen) atoms. The molecule has 1 aliphatic rings. The number of aromatic nitrogens is 3. The van der Waals surface area contributed by atoms with E-state index in [4.69, 9.17) is 11.1 Å². The maximum Gasteiger partial charge on any atom is 0.268 e. The molecule has 10 heteroatoms. The lowest BCUT2D eigenvalue weighted by molar-refractivity contribution is 0.0942. The summed E-state index contributed by atoms with van der Waals surface area (Å²) in [6.45, 7) is 1.89. The van der Waals surface area contributed by atoms with E-state index in [-0.39, 0.29) is 30.0 Å². The molecule has 0 saturated heterocycles. The lowest BCUT2D eigenvalue weighted by Crippen LogP contribution is -2.26. The molecule has 0 aliphatic heterocycles. The molecular weight excluding hydrogens is 470 g/mol. The summed E-state index contributed by atoms with van der Waals surface area (Å²) < 4.78 is 32.5. The lowest BCUT2D eigenvalue weighted by Gasteiger charge is -2.11. The zero-order chi connectivity index (χ0) is 24.9. The van der Waals surface area contributed by atoms with Crippen LogP contribution in [0.25, 0.3) is 10.9 Å². The monoisotopic (exact) mass is 494 g/mol. The number of halogens is 2. The van der Waals surface area contributed by atoms with Gasteiger partial charge >= 0.3 is 0 Å². The number of anilines is 1. The number of benzene rings is 2. The fourth-order valence-electron chi connectivity index (χ4n) is 4.12. The number of nitrogens with zero attached hydrogens (tertiary/aromatic N) is 3. The van der Waals surface area contributed by atoms with Crippen LogP contribution in [0, 0.1) is 24.0 Å². The number of fused-ring (bicyclic) bond motifs is 1. The van der Waals surface area contributed by atoms with Crippen molar-refractivity contribution in [1.82, 2.24) is 19.7 Å². The van der Waals surface area contributed by atoms with Gasteiger partial charge in [-0.15, -0.1) is 0 Å². The van der Waals surface area contributed by atoms with Gasteiger partial charge in [-0.1, -0.05) is 11.8 Å². The Balaban J connectivity index is 1.39. The van der Waals surface area contributed by atoms with Gasteiger partial charge in [0.25, 0.3) is 5.91 Å². The number of hydrogen-bond donors (Lipinski definition) is 3. The summed E-state index contributed by atoms with van der Waals surface area (Å²) in [5.74, 6) is -1.33. The average Bonchev–Trinajstić information content (AvgIpc) is 3.54. The summed E-state index contributed by atoms with van der Waals surface area (Å²) >= 11 is 1.28. The molecule has 180 valence electrons. The van der Waals surface area contributed by atoms with Crippen LogP contribution in [-0.2, 0) is 13.6 Å². The topological polar surface area (TPSA) is 102 Å². The van der Waals surface area contributed by atoms with Crippen LogP contribution >= 0.6 is 11.8 Å². The lowest BCUT2D eigenvalue weighted by atomic mass is 10.1. The molecule has 0 bridgehead atoms. The van der Waals surface area contributed by atoms with Gasteiger partial charge in [-0.3, -0.25) is 9.48 Å². The van der Waals surface area contributed by atoms with Crippen molar-refractivity contribution in [3.8, 4) is 0 Å². The van der Waals surface area contributed by atoms with Crippen LogP contribution in [-0.4, -0.2) is 26.5 Å². The van der Waals surface area contributed by atoms with Crippen LogP contribution in [0.1, 0.15) is 46.2 Å². The molecule has 7 nitrogen and oxygen atoms in total. The quantitative estimate of drug-likeness (QED) is 0.250. The first-order valence-electron chi connectivity index (χ1n) is 11.1. The van der Waals surface area contributed by atoms with Gasteiger partial charge in [-0.05, 0) is 50.1 Å². The highest BCUT2D eigenvalue weighted by Gasteiger charge is 2.28. The van der Waals surface area contributed by atoms with Crippen molar-refractivity contribution in [1.29, 1.82) is 5.41 Å². The standard InChI is InChI=1S/C25H24F2N6OS/c1-13-22(35-17-7-15(10-28)23(29)20(27)8-17)9-21(32(13)2)25(34)30-12-18-19(26)6-3-14-11-31-33(24(14)18)16-4-5-16/h3,6-11,16,28H,4-5,12,29H2,1-2H3,(H,30,34). The van der Waals surface area contributed by atoms with Crippen molar-refractivity contribution in [2.75, 3.05) is 5.73 Å². The molecule has 4 aromatic rings. The third-order valence-electron chi connectivity index (χ3n) is 6.37. The highest BCUT2D eigenvalue weighted by molar-refractivity contribution is 7.99. The molecule has 2 aromatic heterocycles. The molecular formula is C25H24F2N6OS. The van der Waals surface area contributed by atoms with Gasteiger partial charge in [0.1, 0.15) is 17.3 Å². The average molecular weight is 495 g/mol. The second-order valence-corrected chi connectivity index (χ2v) is 9.77. The molecule has 4 N–H and O–H groups in total. The first-order chi connectivity index (χ1) is 16.8. The molecule has 1 fully saturated rings. The summed E-state index contributed by atoms with van der Waals surface area (Å²) in [4.78, 5) is 14.4. The maximum atomic E-state index is 14.8. The number of amides is 1. The Hall–Kier alpha value is -3.66. The Kier molecular flexibility index (Phi) is 5.84. The van der Waals surface area contributed by atoms with E-state index in [1.165, 1.54) is 23.9 Å². The normalized spacial score (nSPS) is 13.4. The smallest absolute Gasteiger partial charge is 0.268 e. The summed E-state index contributed by atoms with van der Waals surface area (Å²) in [6, 6.07) is 8.05. The summed E-state index contributed by atoms with van der Waals surface area (Å²) in [7, 11) is 1.77. The third-order valence-corrected chi connectivity index (χ3v) is 7.47. The van der Waals surface area contributed by atoms with Gasteiger partial charge in [0, 0.05) is 51.8 Å². The second kappa shape index (κ2) is 8.84. The van der Waals surface area contributed by atoms with Crippen LogP contribution in [0.5, 0.6) is 0 Å². The SMILES string of the molecule is Cc1c(Sc2cc(F)c(N)c(C=N)c2)cc(C(=O)NCc2c(F)ccc3cnn(C4CC4)c23)n1C. The molecule has 0 atom stereocenters. The van der Waals surface area contributed by atoms with E-state index in [1.807, 2.05) is 11.6 Å². The van der Waals surface area contributed by atoms with Gasteiger partial charge in [0.05, 0.1) is 23.4 Å². The molecule has 0 radical (unpaired) electrons. The fraction of sp³-hybridized carbons (Fsp3) is 0.240. The molecule has 0 spiro atoms. The van der Waals surface area contributed by atoms with Gasteiger partial charge in [0.15, 0.2) is 0 Å². The van der Waals surface area contributed by atoms with Crippen molar-refractivity contribution in [2.24, 2.45) is 7.05 Å². The third kappa shape index (κ3) is 4.18. The van der Waals surface area contributed by atoms with E-state index < -0.39 is 5.82 Å². The van der Waals surface area contributed by atoms with Gasteiger partial charge in [-0.2, -0.15) is 5.10 Å². The Morgan fingerprint density at radius 2 is 2.06 bits per heavy atom. The first-order valence-corrected chi connectivity index (χ1v) is 12.0. The fourth-order valence-corrected chi connectivity index (χ4v) is 5.18. The minimum atomic E-state index is -0.596. The minimum absolute atomic E-state index is 0.0268. The van der Waals surface area contributed by atoms with Crippen LogP contribution in [0.2, 0.25) is 0 Å². The highest BCUT2D eigenvalue weighted by Crippen LogP contribution is 2.38. The van der Waals surface area contributed by atoms with Crippen molar-refractivity contribution in [3.63, 3.8) is 0 Å². The molecule has 1 saturated carbocycles. The van der Waals surface area contributed by atoms with Crippen LogP contribution < -0.4 is 11.1 Å². The molecule has 2 aromatic carbocycles. The van der Waals surface area contributed by atoms with E-state index in [1.54, 1.807) is 36.0 Å². The number of rotatable bonds is 7. The molecule has 5 rings (SSSR count). The first kappa shape index (κ1) is 23.1. The van der Waals surface area contributed by atoms with E-state index in [9.17, 15) is 13.6 Å². The molecule has 1 aliphatic carbocycles. The minimum Gasteiger partial charge on any atom is -0.396 e.